The summed E-state index contributed by atoms with van der Waals surface area (Å²) in [5.74, 6) is 1.41. The van der Waals surface area contributed by atoms with E-state index in [0.717, 1.165) is 24.1 Å². The second kappa shape index (κ2) is 9.58. The minimum absolute atomic E-state index is 0.0449. The molecule has 0 atom stereocenters. The van der Waals surface area contributed by atoms with Gasteiger partial charge >= 0.3 is 0 Å². The topological polar surface area (TPSA) is 105 Å². The predicted octanol–water partition coefficient (Wildman–Crippen LogP) is 4.03. The Morgan fingerprint density at radius 3 is 2.73 bits per heavy atom. The molecule has 0 radical (unpaired) electrons. The molecule has 1 aliphatic heterocycles. The molecule has 0 unspecified atom stereocenters. The van der Waals surface area contributed by atoms with E-state index in [1.54, 1.807) is 18.3 Å². The number of carbonyl (C=O) groups excluding carboxylic acids is 1. The number of oxazole rings is 1. The highest BCUT2D eigenvalue weighted by Crippen LogP contribution is 2.22. The average molecular weight is 467 g/mol. The van der Waals surface area contributed by atoms with Gasteiger partial charge in [0, 0.05) is 44.1 Å². The molecular weight excluding hydrogens is 440 g/mol. The Kier molecular flexibility index (Phi) is 6.60. The van der Waals surface area contributed by atoms with Crippen LogP contribution in [0, 0.1) is 6.92 Å². The van der Waals surface area contributed by atoms with Gasteiger partial charge in [0.2, 0.25) is 5.91 Å². The molecule has 1 N–H and O–H groups in total. The van der Waals surface area contributed by atoms with Gasteiger partial charge in [-0.25, -0.2) is 4.98 Å². The third kappa shape index (κ3) is 5.67. The maximum absolute atomic E-state index is 12.7. The van der Waals surface area contributed by atoms with E-state index in [1.165, 1.54) is 12.1 Å². The minimum Gasteiger partial charge on any atom is -0.441 e. The van der Waals surface area contributed by atoms with Crippen molar-refractivity contribution in [3.05, 3.63) is 66.2 Å². The van der Waals surface area contributed by atoms with Crippen molar-refractivity contribution in [1.82, 2.24) is 9.88 Å². The summed E-state index contributed by atoms with van der Waals surface area (Å²) >= 11 is 0. The van der Waals surface area contributed by atoms with Crippen LogP contribution in [0.4, 0.5) is 5.69 Å². The first kappa shape index (κ1) is 22.7. The molecule has 0 aliphatic carbocycles. The molecule has 2 aromatic carbocycles. The number of hydrogen-bond acceptors (Lipinski definition) is 5. The lowest BCUT2D eigenvalue weighted by atomic mass is 10.1. The first-order valence-corrected chi connectivity index (χ1v) is 12.2. The monoisotopic (exact) mass is 466 g/mol. The number of carbonyl (C=O) groups is 1. The molecular formula is C24H26N4O4S. The summed E-state index contributed by atoms with van der Waals surface area (Å²) in [5.41, 5.74) is 2.48. The molecule has 172 valence electrons. The molecule has 0 bridgehead atoms. The summed E-state index contributed by atoms with van der Waals surface area (Å²) in [6.07, 6.45) is 3.65. The predicted molar refractivity (Wildman–Crippen MR) is 127 cm³/mol. The number of rotatable bonds is 7. The van der Waals surface area contributed by atoms with Crippen molar-refractivity contribution in [2.24, 2.45) is 4.40 Å². The summed E-state index contributed by atoms with van der Waals surface area (Å²) < 4.78 is 35.1. The van der Waals surface area contributed by atoms with E-state index in [9.17, 15) is 13.2 Å². The molecule has 33 heavy (non-hydrogen) atoms. The van der Waals surface area contributed by atoms with Crippen molar-refractivity contribution in [3.8, 4) is 11.3 Å². The van der Waals surface area contributed by atoms with Gasteiger partial charge in [0.15, 0.2) is 11.7 Å². The minimum atomic E-state index is -3.85. The van der Waals surface area contributed by atoms with Crippen molar-refractivity contribution in [2.45, 2.75) is 37.5 Å². The highest BCUT2D eigenvalue weighted by Gasteiger charge is 2.20. The molecule has 1 aromatic heterocycles. The van der Waals surface area contributed by atoms with Gasteiger partial charge < -0.3 is 14.6 Å². The molecule has 1 saturated heterocycles. The van der Waals surface area contributed by atoms with Gasteiger partial charge in [-0.2, -0.15) is 8.42 Å². The van der Waals surface area contributed by atoms with Gasteiger partial charge in [0.25, 0.3) is 10.0 Å². The molecule has 0 saturated carbocycles. The molecule has 1 fully saturated rings. The molecule has 1 aliphatic rings. The molecule has 0 spiro atoms. The van der Waals surface area contributed by atoms with Crippen molar-refractivity contribution < 1.29 is 17.6 Å². The van der Waals surface area contributed by atoms with Crippen LogP contribution in [-0.4, -0.2) is 43.6 Å². The summed E-state index contributed by atoms with van der Waals surface area (Å²) in [5, 5.41) is 2.74. The van der Waals surface area contributed by atoms with E-state index in [4.69, 9.17) is 4.42 Å². The zero-order valence-corrected chi connectivity index (χ0v) is 19.4. The van der Waals surface area contributed by atoms with E-state index in [-0.39, 0.29) is 17.2 Å². The number of aromatic nitrogens is 1. The lowest BCUT2D eigenvalue weighted by Gasteiger charge is -2.11. The largest absolute Gasteiger partial charge is 0.441 e. The fraction of sp³-hybridized carbons (Fsp3) is 0.292. The third-order valence-electron chi connectivity index (χ3n) is 5.43. The summed E-state index contributed by atoms with van der Waals surface area (Å²) in [6.45, 7) is 2.81. The number of nitrogens with zero attached hydrogens (tertiary/aromatic N) is 3. The van der Waals surface area contributed by atoms with Gasteiger partial charge in [-0.1, -0.05) is 35.9 Å². The molecule has 9 heteroatoms. The van der Waals surface area contributed by atoms with Crippen LogP contribution in [0.3, 0.4) is 0 Å². The Labute approximate surface area is 193 Å². The number of amidine groups is 1. The number of aryl methyl sites for hydroxylation is 2. The Morgan fingerprint density at radius 2 is 2.00 bits per heavy atom. The number of anilines is 1. The average Bonchev–Trinajstić information content (AvgIpc) is 3.42. The van der Waals surface area contributed by atoms with Crippen molar-refractivity contribution >= 4 is 27.5 Å². The number of sulfonamides is 1. The number of amides is 1. The maximum Gasteiger partial charge on any atom is 0.284 e. The van der Waals surface area contributed by atoms with E-state index in [2.05, 4.69) is 14.7 Å². The first-order chi connectivity index (χ1) is 15.8. The zero-order valence-electron chi connectivity index (χ0n) is 18.6. The normalized spacial score (nSPS) is 15.2. The summed E-state index contributed by atoms with van der Waals surface area (Å²) in [6, 6.07) is 14.0. The van der Waals surface area contributed by atoms with Crippen LogP contribution < -0.4 is 5.32 Å². The standard InChI is InChI=1S/C24H26N4O4S/c1-17-8-10-18(11-9-17)21-16-25-24(32-21)13-12-23(29)26-19-5-3-6-20(15-19)33(30,31)27-22-7-4-14-28(22)2/h3,5-6,8-11,15-16H,4,7,12-14H2,1-2H3,(H,26,29)/b27-22+. The fourth-order valence-electron chi connectivity index (χ4n) is 3.56. The Balaban J connectivity index is 1.37. The number of nitrogens with one attached hydrogen (secondary N) is 1. The highest BCUT2D eigenvalue weighted by atomic mass is 32.2. The van der Waals surface area contributed by atoms with E-state index in [0.29, 0.717) is 36.0 Å². The Bertz CT molecular complexity index is 1280. The molecule has 2 heterocycles. The van der Waals surface area contributed by atoms with Crippen molar-refractivity contribution in [3.63, 3.8) is 0 Å². The van der Waals surface area contributed by atoms with Gasteiger partial charge in [0.05, 0.1) is 11.1 Å². The quantitative estimate of drug-likeness (QED) is 0.564. The van der Waals surface area contributed by atoms with Crippen LogP contribution in [0.2, 0.25) is 0 Å². The van der Waals surface area contributed by atoms with Crippen LogP contribution in [0.15, 0.2) is 68.4 Å². The number of benzene rings is 2. The van der Waals surface area contributed by atoms with Crippen LogP contribution >= 0.6 is 0 Å². The van der Waals surface area contributed by atoms with E-state index >= 15 is 0 Å². The number of hydrogen-bond donors (Lipinski definition) is 1. The molecule has 8 nitrogen and oxygen atoms in total. The first-order valence-electron chi connectivity index (χ1n) is 10.8. The van der Waals surface area contributed by atoms with Gasteiger partial charge in [-0.05, 0) is 31.5 Å². The Hall–Kier alpha value is -3.46. The van der Waals surface area contributed by atoms with E-state index < -0.39 is 10.0 Å². The van der Waals surface area contributed by atoms with E-state index in [1.807, 2.05) is 43.1 Å². The van der Waals surface area contributed by atoms with Gasteiger partial charge in [-0.15, -0.1) is 4.40 Å². The van der Waals surface area contributed by atoms with Crippen molar-refractivity contribution in [2.75, 3.05) is 18.9 Å². The lowest BCUT2D eigenvalue weighted by molar-refractivity contribution is -0.116. The SMILES string of the molecule is Cc1ccc(-c2cnc(CCC(=O)Nc3cccc(S(=O)(=O)/N=C4\CCCN4C)c3)o2)cc1. The van der Waals surface area contributed by atoms with Crippen LogP contribution in [0.1, 0.15) is 30.7 Å². The Morgan fingerprint density at radius 1 is 1.21 bits per heavy atom. The van der Waals surface area contributed by atoms with Crippen LogP contribution in [-0.2, 0) is 21.2 Å². The molecule has 4 rings (SSSR count). The summed E-state index contributed by atoms with van der Waals surface area (Å²) in [4.78, 5) is 18.6. The van der Waals surface area contributed by atoms with Crippen molar-refractivity contribution in [1.29, 1.82) is 0 Å². The van der Waals surface area contributed by atoms with Crippen LogP contribution in [0.25, 0.3) is 11.3 Å². The third-order valence-corrected chi connectivity index (χ3v) is 6.73. The molecule has 1 amide bonds. The highest BCUT2D eigenvalue weighted by molar-refractivity contribution is 7.90. The zero-order chi connectivity index (χ0) is 23.4. The smallest absolute Gasteiger partial charge is 0.284 e. The molecule has 3 aromatic rings. The fourth-order valence-corrected chi connectivity index (χ4v) is 4.70. The second-order valence-corrected chi connectivity index (χ2v) is 9.67. The lowest BCUT2D eigenvalue weighted by Crippen LogP contribution is -2.20. The maximum atomic E-state index is 12.7. The number of likely N-dealkylation sites (tertiary alicyclic amines) is 1. The second-order valence-electron chi connectivity index (χ2n) is 8.07. The van der Waals surface area contributed by atoms with Gasteiger partial charge in [0.1, 0.15) is 5.84 Å². The van der Waals surface area contributed by atoms with Crippen LogP contribution in [0.5, 0.6) is 0 Å². The summed E-state index contributed by atoms with van der Waals surface area (Å²) in [7, 11) is -2.02. The van der Waals surface area contributed by atoms with Gasteiger partial charge in [-0.3, -0.25) is 4.79 Å².